The lowest BCUT2D eigenvalue weighted by Gasteiger charge is -2.10. The number of aryl methyl sites for hydroxylation is 1. The quantitative estimate of drug-likeness (QED) is 0.600. The highest BCUT2D eigenvalue weighted by Crippen LogP contribution is 2.16. The van der Waals surface area contributed by atoms with Crippen LogP contribution in [0.3, 0.4) is 0 Å². The maximum atomic E-state index is 12.3. The number of rotatable bonds is 5. The monoisotopic (exact) mass is 346 g/mol. The third kappa shape index (κ3) is 3.27. The molecule has 1 aromatic rings. The van der Waals surface area contributed by atoms with E-state index in [1.165, 1.54) is 6.92 Å². The molecule has 1 rings (SSSR count). The summed E-state index contributed by atoms with van der Waals surface area (Å²) in [4.78, 5) is 35.9. The van der Waals surface area contributed by atoms with Crippen molar-refractivity contribution in [2.45, 2.75) is 26.1 Å². The predicted octanol–water partition coefficient (Wildman–Crippen LogP) is 2.20. The molecule has 0 bridgehead atoms. The zero-order chi connectivity index (χ0) is 15.3. The summed E-state index contributed by atoms with van der Waals surface area (Å²) in [6.07, 6.45) is 0. The van der Waals surface area contributed by atoms with E-state index in [0.717, 1.165) is 0 Å². The second-order valence-electron chi connectivity index (χ2n) is 3.74. The van der Waals surface area contributed by atoms with Gasteiger partial charge in [-0.15, -0.1) is 0 Å². The van der Waals surface area contributed by atoms with E-state index in [1.807, 2.05) is 0 Å². The van der Waals surface area contributed by atoms with Gasteiger partial charge in [0, 0.05) is 0 Å². The summed E-state index contributed by atoms with van der Waals surface area (Å²) in [6.45, 7) is 4.94. The van der Waals surface area contributed by atoms with Crippen LogP contribution in [0.5, 0.6) is 0 Å². The van der Waals surface area contributed by atoms with Gasteiger partial charge in [0.15, 0.2) is 0 Å². The zero-order valence-corrected chi connectivity index (χ0v) is 13.0. The first-order valence-electron chi connectivity index (χ1n) is 6.04. The van der Waals surface area contributed by atoms with E-state index in [9.17, 15) is 14.4 Å². The van der Waals surface area contributed by atoms with Gasteiger partial charge < -0.3 is 13.9 Å². The van der Waals surface area contributed by atoms with Gasteiger partial charge in [0.05, 0.1) is 18.5 Å². The van der Waals surface area contributed by atoms with Gasteiger partial charge in [-0.25, -0.2) is 9.59 Å². The number of hydrogen-bond donors (Lipinski definition) is 0. The van der Waals surface area contributed by atoms with E-state index in [1.54, 1.807) is 13.8 Å². The van der Waals surface area contributed by atoms with E-state index >= 15 is 0 Å². The second kappa shape index (κ2) is 7.23. The Hall–Kier alpha value is -1.63. The molecule has 20 heavy (non-hydrogen) atoms. The van der Waals surface area contributed by atoms with Crippen LogP contribution in [0.4, 0.5) is 0 Å². The minimum Gasteiger partial charge on any atom is -0.463 e. The normalized spacial score (nSPS) is 10.2. The molecule has 0 atom stereocenters. The van der Waals surface area contributed by atoms with Crippen molar-refractivity contribution in [1.82, 2.24) is 0 Å². The maximum absolute atomic E-state index is 12.3. The van der Waals surface area contributed by atoms with Crippen molar-refractivity contribution in [3.8, 4) is 0 Å². The highest BCUT2D eigenvalue weighted by molar-refractivity contribution is 9.08. The topological polar surface area (TPSA) is 82.8 Å². The fourth-order valence-electron chi connectivity index (χ4n) is 1.64. The first-order chi connectivity index (χ1) is 9.47. The average Bonchev–Trinajstić information content (AvgIpc) is 2.38. The minimum atomic E-state index is -0.818. The summed E-state index contributed by atoms with van der Waals surface area (Å²) in [5, 5.41) is 0.153. The number of carbonyl (C=O) groups is 2. The molecule has 0 aliphatic carbocycles. The van der Waals surface area contributed by atoms with E-state index in [-0.39, 0.29) is 41.2 Å². The molecule has 7 heteroatoms. The Labute approximate surface area is 124 Å². The molecule has 0 N–H and O–H groups in total. The van der Waals surface area contributed by atoms with Crippen LogP contribution in [0.1, 0.15) is 46.1 Å². The molecule has 0 amide bonds. The lowest BCUT2D eigenvalue weighted by atomic mass is 10.1. The first-order valence-corrected chi connectivity index (χ1v) is 7.16. The SMILES string of the molecule is CCOC(=O)c1c(C)oc(CBr)c(C(=O)OCC)c1=O. The van der Waals surface area contributed by atoms with Crippen LogP contribution in [0.25, 0.3) is 0 Å². The number of carbonyl (C=O) groups excluding carboxylic acids is 2. The Morgan fingerprint density at radius 2 is 1.60 bits per heavy atom. The lowest BCUT2D eigenvalue weighted by molar-refractivity contribution is 0.0514. The van der Waals surface area contributed by atoms with E-state index < -0.39 is 17.4 Å². The van der Waals surface area contributed by atoms with Crippen LogP contribution < -0.4 is 5.43 Å². The van der Waals surface area contributed by atoms with Crippen molar-refractivity contribution < 1.29 is 23.5 Å². The van der Waals surface area contributed by atoms with Crippen molar-refractivity contribution in [2.24, 2.45) is 0 Å². The van der Waals surface area contributed by atoms with E-state index in [2.05, 4.69) is 15.9 Å². The van der Waals surface area contributed by atoms with Gasteiger partial charge in [-0.2, -0.15) is 0 Å². The molecule has 6 nitrogen and oxygen atoms in total. The molecule has 0 unspecified atom stereocenters. The Morgan fingerprint density at radius 1 is 1.10 bits per heavy atom. The highest BCUT2D eigenvalue weighted by Gasteiger charge is 2.27. The fourth-order valence-corrected chi connectivity index (χ4v) is 2.04. The highest BCUT2D eigenvalue weighted by atomic mass is 79.9. The standard InChI is InChI=1S/C13H15BrO6/c1-4-18-12(16)9-7(3)20-8(6-14)10(11(9)15)13(17)19-5-2/h4-6H2,1-3H3. The summed E-state index contributed by atoms with van der Waals surface area (Å²) in [5.41, 5.74) is -1.29. The van der Waals surface area contributed by atoms with Gasteiger partial charge in [0.1, 0.15) is 22.6 Å². The summed E-state index contributed by atoms with van der Waals surface area (Å²) in [5.74, 6) is -1.40. The van der Waals surface area contributed by atoms with Crippen LogP contribution in [-0.2, 0) is 14.8 Å². The Bertz CT molecular complexity index is 575. The summed E-state index contributed by atoms with van der Waals surface area (Å²) < 4.78 is 15.0. The van der Waals surface area contributed by atoms with Crippen molar-refractivity contribution in [3.63, 3.8) is 0 Å². The van der Waals surface area contributed by atoms with Crippen LogP contribution in [-0.4, -0.2) is 25.2 Å². The number of ether oxygens (including phenoxy) is 2. The van der Waals surface area contributed by atoms with Gasteiger partial charge in [0.2, 0.25) is 5.43 Å². The molecule has 0 aliphatic rings. The summed E-state index contributed by atoms with van der Waals surface area (Å²) in [6, 6.07) is 0. The molecule has 0 saturated heterocycles. The van der Waals surface area contributed by atoms with E-state index in [4.69, 9.17) is 13.9 Å². The van der Waals surface area contributed by atoms with Gasteiger partial charge in [0.25, 0.3) is 0 Å². The molecule has 0 radical (unpaired) electrons. The Morgan fingerprint density at radius 3 is 2.05 bits per heavy atom. The van der Waals surface area contributed by atoms with E-state index in [0.29, 0.717) is 0 Å². The van der Waals surface area contributed by atoms with Crippen LogP contribution >= 0.6 is 15.9 Å². The first kappa shape index (κ1) is 16.4. The third-order valence-corrected chi connectivity index (χ3v) is 2.95. The predicted molar refractivity (Wildman–Crippen MR) is 74.3 cm³/mol. The third-order valence-electron chi connectivity index (χ3n) is 2.44. The fraction of sp³-hybridized carbons (Fsp3) is 0.462. The molecule has 0 fully saturated rings. The van der Waals surface area contributed by atoms with Gasteiger partial charge in [-0.3, -0.25) is 4.79 Å². The average molecular weight is 347 g/mol. The molecule has 0 aromatic carbocycles. The molecular formula is C13H15BrO6. The van der Waals surface area contributed by atoms with Crippen molar-refractivity contribution in [3.05, 3.63) is 32.9 Å². The maximum Gasteiger partial charge on any atom is 0.345 e. The van der Waals surface area contributed by atoms with Gasteiger partial charge >= 0.3 is 11.9 Å². The molecule has 0 saturated carbocycles. The van der Waals surface area contributed by atoms with Gasteiger partial charge in [-0.05, 0) is 20.8 Å². The minimum absolute atomic E-state index is 0.107. The zero-order valence-electron chi connectivity index (χ0n) is 11.4. The largest absolute Gasteiger partial charge is 0.463 e. The molecule has 110 valence electrons. The molecule has 0 spiro atoms. The number of alkyl halides is 1. The Kier molecular flexibility index (Phi) is 5.94. The smallest absolute Gasteiger partial charge is 0.345 e. The summed E-state index contributed by atoms with van der Waals surface area (Å²) >= 11 is 3.13. The van der Waals surface area contributed by atoms with Crippen LogP contribution in [0, 0.1) is 6.92 Å². The van der Waals surface area contributed by atoms with Crippen molar-refractivity contribution in [1.29, 1.82) is 0 Å². The van der Waals surface area contributed by atoms with Crippen LogP contribution in [0.2, 0.25) is 0 Å². The van der Waals surface area contributed by atoms with Crippen molar-refractivity contribution in [2.75, 3.05) is 13.2 Å². The molecule has 0 aliphatic heterocycles. The molecular weight excluding hydrogens is 332 g/mol. The van der Waals surface area contributed by atoms with Crippen LogP contribution in [0.15, 0.2) is 9.21 Å². The molecule has 1 heterocycles. The summed E-state index contributed by atoms with van der Waals surface area (Å²) in [7, 11) is 0. The number of hydrogen-bond acceptors (Lipinski definition) is 6. The second-order valence-corrected chi connectivity index (χ2v) is 4.30. The number of esters is 2. The van der Waals surface area contributed by atoms with Gasteiger partial charge in [-0.1, -0.05) is 15.9 Å². The molecule has 1 aromatic heterocycles. The Balaban J connectivity index is 3.50. The number of halogens is 1. The van der Waals surface area contributed by atoms with Crippen molar-refractivity contribution >= 4 is 27.9 Å². The lowest BCUT2D eigenvalue weighted by Crippen LogP contribution is -2.27.